The van der Waals surface area contributed by atoms with E-state index in [0.717, 1.165) is 12.8 Å². The Bertz CT molecular complexity index is 1160. The SMILES string of the molecule is C=CC(=O)N1CCC[C@@H](NC(=O)C2=C3NC(=O)N(c4cccc(OC(F)(F)F)c4)C4CCNC(S2)C34)C1. The molecule has 0 aliphatic carbocycles. The molecule has 0 aromatic heterocycles. The van der Waals surface area contributed by atoms with Crippen molar-refractivity contribution in [3.8, 4) is 5.75 Å². The van der Waals surface area contributed by atoms with Crippen molar-refractivity contribution in [2.45, 2.75) is 43.1 Å². The second-order valence-electron chi connectivity index (χ2n) is 9.26. The van der Waals surface area contributed by atoms with E-state index < -0.39 is 18.1 Å². The Morgan fingerprint density at radius 3 is 2.84 bits per heavy atom. The predicted molar refractivity (Wildman–Crippen MR) is 130 cm³/mol. The lowest BCUT2D eigenvalue weighted by atomic mass is 9.86. The van der Waals surface area contributed by atoms with Gasteiger partial charge in [0.2, 0.25) is 5.91 Å². The Hall–Kier alpha value is -3.19. The fourth-order valence-electron chi connectivity index (χ4n) is 5.43. The first-order valence-corrected chi connectivity index (χ1v) is 12.8. The van der Waals surface area contributed by atoms with Crippen molar-refractivity contribution in [3.63, 3.8) is 0 Å². The maximum absolute atomic E-state index is 13.3. The Balaban J connectivity index is 1.37. The monoisotopic (exact) mass is 537 g/mol. The Labute approximate surface area is 215 Å². The summed E-state index contributed by atoms with van der Waals surface area (Å²) in [7, 11) is 0. The number of amides is 4. The van der Waals surface area contributed by atoms with Gasteiger partial charge in [-0.2, -0.15) is 0 Å². The van der Waals surface area contributed by atoms with Crippen LogP contribution in [0.25, 0.3) is 0 Å². The number of carbonyl (C=O) groups excluding carboxylic acids is 3. The third-order valence-electron chi connectivity index (χ3n) is 6.92. The number of thioether (sulfide) groups is 1. The number of carbonyl (C=O) groups is 3. The lowest BCUT2D eigenvalue weighted by molar-refractivity contribution is -0.274. The molecule has 4 aliphatic heterocycles. The zero-order chi connectivity index (χ0) is 26.3. The van der Waals surface area contributed by atoms with Gasteiger partial charge in [-0.3, -0.25) is 14.5 Å². The van der Waals surface area contributed by atoms with Crippen LogP contribution < -0.4 is 25.6 Å². The van der Waals surface area contributed by atoms with Gasteiger partial charge in [0.15, 0.2) is 0 Å². The van der Waals surface area contributed by atoms with Gasteiger partial charge in [-0.1, -0.05) is 24.4 Å². The molecule has 1 aromatic rings. The van der Waals surface area contributed by atoms with E-state index in [1.54, 1.807) is 11.0 Å². The summed E-state index contributed by atoms with van der Waals surface area (Å²) in [4.78, 5) is 42.1. The van der Waals surface area contributed by atoms with Crippen LogP contribution in [0.4, 0.5) is 23.7 Å². The van der Waals surface area contributed by atoms with Crippen LogP contribution in [0.15, 0.2) is 47.5 Å². The summed E-state index contributed by atoms with van der Waals surface area (Å²) in [6.45, 7) is 5.08. The fraction of sp³-hybridized carbons (Fsp3) is 0.458. The summed E-state index contributed by atoms with van der Waals surface area (Å²) < 4.78 is 42.3. The highest BCUT2D eigenvalue weighted by Crippen LogP contribution is 2.48. The maximum Gasteiger partial charge on any atom is 0.573 e. The molecule has 4 amide bonds. The predicted octanol–water partition coefficient (Wildman–Crippen LogP) is 2.67. The fourth-order valence-corrected chi connectivity index (χ4v) is 6.83. The number of nitrogens with one attached hydrogen (secondary N) is 3. The zero-order valence-electron chi connectivity index (χ0n) is 19.7. The van der Waals surface area contributed by atoms with Crippen LogP contribution in [-0.2, 0) is 9.59 Å². The van der Waals surface area contributed by atoms with Crippen LogP contribution >= 0.6 is 11.8 Å². The average molecular weight is 538 g/mol. The third-order valence-corrected chi connectivity index (χ3v) is 8.27. The van der Waals surface area contributed by atoms with Crippen LogP contribution in [0.2, 0.25) is 0 Å². The zero-order valence-corrected chi connectivity index (χ0v) is 20.5. The van der Waals surface area contributed by atoms with Crippen molar-refractivity contribution in [2.75, 3.05) is 24.5 Å². The Morgan fingerprint density at radius 1 is 1.27 bits per heavy atom. The average Bonchev–Trinajstić information content (AvgIpc) is 3.22. The number of hydrogen-bond acceptors (Lipinski definition) is 6. The van der Waals surface area contributed by atoms with Gasteiger partial charge >= 0.3 is 12.4 Å². The van der Waals surface area contributed by atoms with Crippen LogP contribution in [0.5, 0.6) is 5.75 Å². The summed E-state index contributed by atoms with van der Waals surface area (Å²) in [6, 6.07) is 4.23. The van der Waals surface area contributed by atoms with E-state index in [-0.39, 0.29) is 40.9 Å². The second kappa shape index (κ2) is 9.93. The number of likely N-dealkylation sites (tertiary alicyclic amines) is 1. The molecule has 1 aromatic carbocycles. The molecule has 5 rings (SSSR count). The molecule has 3 fully saturated rings. The standard InChI is InChI=1S/C24H26F3N5O4S/c1-2-17(33)31-10-4-5-13(12-31)29-21(34)20-19-18-16(8-9-28-22(18)37-20)32(23(35)30-19)14-6-3-7-15(11-14)36-24(25,26)27/h2-3,6-7,11,13,16,18,22,28H,1,4-5,8-10,12H2,(H,29,34)(H,30,35)/t13-,16?,18?,22?/m1/s1. The molecule has 4 atom stereocenters. The molecule has 4 heterocycles. The first kappa shape index (κ1) is 25.5. The van der Waals surface area contributed by atoms with Gasteiger partial charge in [-0.05, 0) is 44.0 Å². The van der Waals surface area contributed by atoms with Gasteiger partial charge in [-0.25, -0.2) is 4.79 Å². The lowest BCUT2D eigenvalue weighted by Crippen LogP contribution is -2.62. The largest absolute Gasteiger partial charge is 0.573 e. The van der Waals surface area contributed by atoms with Crippen molar-refractivity contribution in [3.05, 3.63) is 47.5 Å². The molecule has 9 nitrogen and oxygen atoms in total. The number of urea groups is 1. The number of piperidine rings is 2. The summed E-state index contributed by atoms with van der Waals surface area (Å²) in [6.07, 6.45) is -1.56. The number of benzene rings is 1. The van der Waals surface area contributed by atoms with E-state index in [1.165, 1.54) is 40.9 Å². The Morgan fingerprint density at radius 2 is 2.08 bits per heavy atom. The molecule has 0 radical (unpaired) electrons. The second-order valence-corrected chi connectivity index (χ2v) is 10.4. The van der Waals surface area contributed by atoms with E-state index in [4.69, 9.17) is 0 Å². The van der Waals surface area contributed by atoms with E-state index in [1.807, 2.05) is 0 Å². The van der Waals surface area contributed by atoms with Crippen molar-refractivity contribution in [1.29, 1.82) is 0 Å². The summed E-state index contributed by atoms with van der Waals surface area (Å²) in [5.74, 6) is -1.17. The molecule has 4 aliphatic rings. The quantitative estimate of drug-likeness (QED) is 0.500. The first-order chi connectivity index (χ1) is 17.6. The number of rotatable bonds is 5. The topological polar surface area (TPSA) is 103 Å². The van der Waals surface area contributed by atoms with E-state index in [2.05, 4.69) is 27.3 Å². The number of hydrogen-bond donors (Lipinski definition) is 3. The highest BCUT2D eigenvalue weighted by atomic mass is 32.2. The van der Waals surface area contributed by atoms with Crippen molar-refractivity contribution >= 4 is 35.3 Å². The first-order valence-electron chi connectivity index (χ1n) is 12.0. The van der Waals surface area contributed by atoms with Gasteiger partial charge in [-0.15, -0.1) is 13.2 Å². The number of anilines is 1. The maximum atomic E-state index is 13.3. The van der Waals surface area contributed by atoms with Crippen LogP contribution in [0.3, 0.4) is 0 Å². The summed E-state index contributed by atoms with van der Waals surface area (Å²) >= 11 is 1.33. The Kier molecular flexibility index (Phi) is 6.84. The van der Waals surface area contributed by atoms with Crippen molar-refractivity contribution < 1.29 is 32.3 Å². The summed E-state index contributed by atoms with van der Waals surface area (Å²) in [5, 5.41) is 9.04. The highest BCUT2D eigenvalue weighted by Gasteiger charge is 2.52. The summed E-state index contributed by atoms with van der Waals surface area (Å²) in [5.41, 5.74) is 0.796. The van der Waals surface area contributed by atoms with Gasteiger partial charge < -0.3 is 25.6 Å². The normalized spacial score (nSPS) is 27.4. The molecule has 0 spiro atoms. The van der Waals surface area contributed by atoms with E-state index in [0.29, 0.717) is 36.7 Å². The molecule has 37 heavy (non-hydrogen) atoms. The molecule has 0 saturated carbocycles. The van der Waals surface area contributed by atoms with Gasteiger partial charge in [0.05, 0.1) is 16.3 Å². The third kappa shape index (κ3) is 5.14. The minimum Gasteiger partial charge on any atom is -0.406 e. The van der Waals surface area contributed by atoms with Crippen LogP contribution in [0, 0.1) is 5.92 Å². The molecular formula is C24H26F3N5O4S. The van der Waals surface area contributed by atoms with E-state index in [9.17, 15) is 27.6 Å². The molecule has 198 valence electrons. The van der Waals surface area contributed by atoms with Crippen molar-refractivity contribution in [1.82, 2.24) is 20.9 Å². The van der Waals surface area contributed by atoms with Gasteiger partial charge in [0.25, 0.3) is 5.91 Å². The number of nitrogens with zero attached hydrogens (tertiary/aromatic N) is 2. The number of halogens is 3. The number of ether oxygens (including phenoxy) is 1. The smallest absolute Gasteiger partial charge is 0.406 e. The minimum absolute atomic E-state index is 0.182. The number of alkyl halides is 3. The van der Waals surface area contributed by atoms with Crippen LogP contribution in [-0.4, -0.2) is 66.2 Å². The van der Waals surface area contributed by atoms with Crippen molar-refractivity contribution in [2.24, 2.45) is 5.92 Å². The molecule has 0 bridgehead atoms. The van der Waals surface area contributed by atoms with Crippen LogP contribution in [0.1, 0.15) is 19.3 Å². The lowest BCUT2D eigenvalue weighted by Gasteiger charge is -2.45. The molecule has 3 N–H and O–H groups in total. The van der Waals surface area contributed by atoms with Gasteiger partial charge in [0.1, 0.15) is 5.75 Å². The van der Waals surface area contributed by atoms with Gasteiger partial charge in [0, 0.05) is 42.5 Å². The molecule has 13 heteroatoms. The highest BCUT2D eigenvalue weighted by molar-refractivity contribution is 8.04. The molecule has 3 saturated heterocycles. The minimum atomic E-state index is -4.85. The van der Waals surface area contributed by atoms with E-state index >= 15 is 0 Å². The molecule has 3 unspecified atom stereocenters. The molecular weight excluding hydrogens is 511 g/mol.